The van der Waals surface area contributed by atoms with E-state index in [0.717, 1.165) is 44.8 Å². The Morgan fingerprint density at radius 2 is 0.923 bits per heavy atom. The Labute approximate surface area is 302 Å². The SMILES string of the molecule is Cc1ccc(C[C@@H]2NC(=O)[C@@H]3C[C@]4([C@]56C[C@H]7C(=O)N[C@@H](Cc8ccc(C)cc8)C(=O)N7[C@H]5Nc5ccccc56)c5ccccc5N[C@@H]4N3C2=O)cc1. The zero-order valence-corrected chi connectivity index (χ0v) is 29.1. The number of piperazine rings is 2. The fourth-order valence-corrected chi connectivity index (χ4v) is 10.6. The summed E-state index contributed by atoms with van der Waals surface area (Å²) < 4.78 is 0. The lowest BCUT2D eigenvalue weighted by Gasteiger charge is -2.48. The van der Waals surface area contributed by atoms with Crippen LogP contribution < -0.4 is 21.3 Å². The predicted molar refractivity (Wildman–Crippen MR) is 195 cm³/mol. The summed E-state index contributed by atoms with van der Waals surface area (Å²) in [5.74, 6) is -0.626. The second kappa shape index (κ2) is 10.9. The highest BCUT2D eigenvalue weighted by Crippen LogP contribution is 2.68. The average molecular weight is 693 g/mol. The van der Waals surface area contributed by atoms with E-state index in [1.807, 2.05) is 98.8 Å². The molecule has 10 nitrogen and oxygen atoms in total. The first-order valence-corrected chi connectivity index (χ1v) is 18.3. The summed E-state index contributed by atoms with van der Waals surface area (Å²) in [6, 6.07) is 29.4. The van der Waals surface area contributed by atoms with E-state index in [9.17, 15) is 19.2 Å². The molecule has 6 aliphatic rings. The van der Waals surface area contributed by atoms with Gasteiger partial charge < -0.3 is 31.1 Å². The molecule has 0 aliphatic carbocycles. The fourth-order valence-electron chi connectivity index (χ4n) is 10.6. The Kier molecular flexibility index (Phi) is 6.54. The second-order valence-electron chi connectivity index (χ2n) is 15.6. The summed E-state index contributed by atoms with van der Waals surface area (Å²) in [4.78, 5) is 61.5. The van der Waals surface area contributed by atoms with E-state index >= 15 is 0 Å². The Morgan fingerprint density at radius 3 is 1.33 bits per heavy atom. The minimum atomic E-state index is -0.866. The van der Waals surface area contributed by atoms with Gasteiger partial charge in [0.2, 0.25) is 23.6 Å². The first-order valence-electron chi connectivity index (χ1n) is 18.3. The molecule has 4 aromatic rings. The summed E-state index contributed by atoms with van der Waals surface area (Å²) in [7, 11) is 0. The largest absolute Gasteiger partial charge is 0.364 e. The highest BCUT2D eigenvalue weighted by molar-refractivity contribution is 6.01. The molecule has 262 valence electrons. The van der Waals surface area contributed by atoms with Gasteiger partial charge in [-0.05, 0) is 61.1 Å². The Balaban J connectivity index is 1.11. The molecule has 4 aromatic carbocycles. The van der Waals surface area contributed by atoms with Crippen LogP contribution >= 0.6 is 0 Å². The first-order chi connectivity index (χ1) is 25.2. The molecule has 6 heterocycles. The van der Waals surface area contributed by atoms with E-state index in [0.29, 0.717) is 25.7 Å². The Morgan fingerprint density at radius 1 is 0.538 bits per heavy atom. The van der Waals surface area contributed by atoms with Crippen LogP contribution in [0.2, 0.25) is 0 Å². The van der Waals surface area contributed by atoms with Crippen molar-refractivity contribution >= 4 is 35.0 Å². The summed E-state index contributed by atoms with van der Waals surface area (Å²) in [6.45, 7) is 4.05. The number of aryl methyl sites for hydroxylation is 2. The van der Waals surface area contributed by atoms with Gasteiger partial charge in [-0.3, -0.25) is 19.2 Å². The van der Waals surface area contributed by atoms with Gasteiger partial charge in [-0.25, -0.2) is 0 Å². The van der Waals surface area contributed by atoms with Crippen LogP contribution in [-0.2, 0) is 42.8 Å². The fraction of sp³-hybridized carbons (Fsp3) is 0.333. The zero-order chi connectivity index (χ0) is 35.5. The van der Waals surface area contributed by atoms with Crippen LogP contribution in [0, 0.1) is 13.8 Å². The molecule has 4 amide bonds. The molecule has 0 spiro atoms. The average Bonchev–Trinajstić information content (AvgIpc) is 3.86. The predicted octanol–water partition coefficient (Wildman–Crippen LogP) is 3.67. The highest BCUT2D eigenvalue weighted by Gasteiger charge is 2.78. The summed E-state index contributed by atoms with van der Waals surface area (Å²) in [5.41, 5.74) is 6.26. The maximum atomic E-state index is 14.7. The van der Waals surface area contributed by atoms with Crippen LogP contribution in [0.25, 0.3) is 0 Å². The van der Waals surface area contributed by atoms with Crippen LogP contribution in [0.5, 0.6) is 0 Å². The number of hydrogen-bond acceptors (Lipinski definition) is 6. The van der Waals surface area contributed by atoms with Gasteiger partial charge in [0.25, 0.3) is 0 Å². The summed E-state index contributed by atoms with van der Waals surface area (Å²) in [5, 5.41) is 13.7. The molecule has 0 saturated carbocycles. The standard InChI is InChI=1S/C42H40N6O4/c1-23-11-15-25(16-12-23)19-31-37(51)47-33(35(49)43-31)21-41(27-7-3-5-9-29(27)45-39(41)47)42-22-34-36(50)44-32(20-26-17-13-24(2)14-18-26)38(52)48(34)40(42)46-30-10-6-4-8-28(30)42/h3-18,31-34,39-40,45-46H,19-22H2,1-2H3,(H,43,49)(H,44,50)/t31-,32-,33-,34-,39+,40+,41-,42-/m0/s1. The molecule has 8 atom stereocenters. The molecule has 4 saturated heterocycles. The van der Waals surface area contributed by atoms with E-state index in [1.54, 1.807) is 9.80 Å². The quantitative estimate of drug-likeness (QED) is 0.253. The van der Waals surface area contributed by atoms with E-state index in [-0.39, 0.29) is 23.6 Å². The van der Waals surface area contributed by atoms with E-state index in [1.165, 1.54) is 0 Å². The number of rotatable bonds is 5. The molecule has 0 bridgehead atoms. The molecule has 6 aliphatic heterocycles. The maximum absolute atomic E-state index is 14.7. The van der Waals surface area contributed by atoms with Crippen molar-refractivity contribution in [3.05, 3.63) is 130 Å². The number of amides is 4. The molecule has 10 heteroatoms. The van der Waals surface area contributed by atoms with Gasteiger partial charge in [-0.15, -0.1) is 0 Å². The third kappa shape index (κ3) is 4.06. The van der Waals surface area contributed by atoms with Crippen LogP contribution in [0.1, 0.15) is 46.2 Å². The number of para-hydroxylation sites is 2. The van der Waals surface area contributed by atoms with Gasteiger partial charge >= 0.3 is 0 Å². The van der Waals surface area contributed by atoms with Crippen molar-refractivity contribution < 1.29 is 19.2 Å². The third-order valence-corrected chi connectivity index (χ3v) is 12.9. The first kappa shape index (κ1) is 31.1. The van der Waals surface area contributed by atoms with Crippen LogP contribution in [-0.4, -0.2) is 69.9 Å². The third-order valence-electron chi connectivity index (χ3n) is 12.9. The van der Waals surface area contributed by atoms with Gasteiger partial charge in [0.1, 0.15) is 36.5 Å². The molecule has 0 unspecified atom stereocenters. The number of carbonyl (C=O) groups is 4. The van der Waals surface area contributed by atoms with Crippen molar-refractivity contribution in [2.45, 2.75) is 86.9 Å². The zero-order valence-electron chi connectivity index (χ0n) is 29.1. The molecule has 0 radical (unpaired) electrons. The number of anilines is 2. The lowest BCUT2D eigenvalue weighted by Crippen LogP contribution is -2.67. The smallest absolute Gasteiger partial charge is 0.247 e. The van der Waals surface area contributed by atoms with Crippen molar-refractivity contribution in [1.82, 2.24) is 20.4 Å². The highest BCUT2D eigenvalue weighted by atomic mass is 16.2. The second-order valence-corrected chi connectivity index (χ2v) is 15.6. The molecule has 4 N–H and O–H groups in total. The topological polar surface area (TPSA) is 123 Å². The normalized spacial score (nSPS) is 32.1. The lowest BCUT2D eigenvalue weighted by molar-refractivity contribution is -0.149. The minimum Gasteiger partial charge on any atom is -0.364 e. The number of hydrogen-bond donors (Lipinski definition) is 4. The van der Waals surface area contributed by atoms with Crippen LogP contribution in [0.15, 0.2) is 97.1 Å². The minimum absolute atomic E-state index is 0.132. The summed E-state index contributed by atoms with van der Waals surface area (Å²) >= 11 is 0. The monoisotopic (exact) mass is 692 g/mol. The van der Waals surface area contributed by atoms with Gasteiger partial charge in [0.15, 0.2) is 0 Å². The molecule has 10 rings (SSSR count). The van der Waals surface area contributed by atoms with Gasteiger partial charge in [-0.1, -0.05) is 96.1 Å². The Bertz CT molecular complexity index is 2030. The molecule has 4 fully saturated rings. The van der Waals surface area contributed by atoms with Gasteiger partial charge in [-0.2, -0.15) is 0 Å². The van der Waals surface area contributed by atoms with Gasteiger partial charge in [0, 0.05) is 24.2 Å². The number of fused-ring (bicyclic) bond motifs is 11. The van der Waals surface area contributed by atoms with Gasteiger partial charge in [0.05, 0.1) is 10.8 Å². The van der Waals surface area contributed by atoms with E-state index < -0.39 is 47.3 Å². The number of nitrogens with zero attached hydrogens (tertiary/aromatic N) is 2. The van der Waals surface area contributed by atoms with Crippen molar-refractivity contribution in [1.29, 1.82) is 0 Å². The summed E-state index contributed by atoms with van der Waals surface area (Å²) in [6.07, 6.45) is 0.259. The van der Waals surface area contributed by atoms with E-state index in [4.69, 9.17) is 0 Å². The molecule has 0 aromatic heterocycles. The number of nitrogens with one attached hydrogen (secondary N) is 4. The molecular formula is C42H40N6O4. The lowest BCUT2D eigenvalue weighted by atomic mass is 9.54. The Hall–Kier alpha value is -5.64. The van der Waals surface area contributed by atoms with Crippen molar-refractivity contribution in [2.75, 3.05) is 10.6 Å². The number of benzene rings is 4. The van der Waals surface area contributed by atoms with Crippen LogP contribution in [0.3, 0.4) is 0 Å². The maximum Gasteiger partial charge on any atom is 0.247 e. The van der Waals surface area contributed by atoms with Crippen molar-refractivity contribution in [3.8, 4) is 0 Å². The molecular weight excluding hydrogens is 652 g/mol. The van der Waals surface area contributed by atoms with Crippen LogP contribution in [0.4, 0.5) is 11.4 Å². The molecule has 52 heavy (non-hydrogen) atoms. The van der Waals surface area contributed by atoms with Crippen molar-refractivity contribution in [3.63, 3.8) is 0 Å². The number of carbonyl (C=O) groups excluding carboxylic acids is 4. The van der Waals surface area contributed by atoms with E-state index in [2.05, 4.69) is 33.4 Å². The van der Waals surface area contributed by atoms with Crippen molar-refractivity contribution in [2.24, 2.45) is 0 Å².